The van der Waals surface area contributed by atoms with E-state index in [-0.39, 0.29) is 5.91 Å². The van der Waals surface area contributed by atoms with E-state index >= 15 is 0 Å². The molecule has 96 valence electrons. The fourth-order valence-electron chi connectivity index (χ4n) is 1.40. The van der Waals surface area contributed by atoms with Crippen molar-refractivity contribution in [3.63, 3.8) is 0 Å². The summed E-state index contributed by atoms with van der Waals surface area (Å²) in [5.74, 6) is 4.91. The molecule has 0 aromatic carbocycles. The first kappa shape index (κ1) is 15.4. The summed E-state index contributed by atoms with van der Waals surface area (Å²) in [5.41, 5.74) is 1.61. The smallest absolute Gasteiger partial charge is 0.241 e. The second-order valence-corrected chi connectivity index (χ2v) is 4.82. The van der Waals surface area contributed by atoms with E-state index in [4.69, 9.17) is 10.6 Å². The van der Waals surface area contributed by atoms with Crippen molar-refractivity contribution in [1.29, 1.82) is 0 Å². The normalized spacial score (nSPS) is 11.5. The standard InChI is InChI=1S/C12H26N2O2/c1-4-5-6-7-8-9-16-10-12(2,3)11(15)14-13/h4-10,13H2,1-3H3,(H,14,15). The molecule has 0 saturated carbocycles. The summed E-state index contributed by atoms with van der Waals surface area (Å²) in [4.78, 5) is 11.3. The first-order valence-electron chi connectivity index (χ1n) is 6.13. The van der Waals surface area contributed by atoms with Crippen molar-refractivity contribution in [2.24, 2.45) is 11.3 Å². The Bertz CT molecular complexity index is 193. The van der Waals surface area contributed by atoms with Crippen molar-refractivity contribution < 1.29 is 9.53 Å². The maximum absolute atomic E-state index is 11.3. The molecule has 0 heterocycles. The molecule has 4 heteroatoms. The third-order valence-corrected chi connectivity index (χ3v) is 2.60. The summed E-state index contributed by atoms with van der Waals surface area (Å²) in [6, 6.07) is 0. The predicted molar refractivity (Wildman–Crippen MR) is 65.7 cm³/mol. The second kappa shape index (κ2) is 8.53. The molecule has 0 unspecified atom stereocenters. The Balaban J connectivity index is 3.47. The van der Waals surface area contributed by atoms with Crippen molar-refractivity contribution in [2.45, 2.75) is 52.9 Å². The number of hydrogen-bond donors (Lipinski definition) is 2. The van der Waals surface area contributed by atoms with Gasteiger partial charge in [0.2, 0.25) is 5.91 Å². The highest BCUT2D eigenvalue weighted by Gasteiger charge is 2.26. The molecule has 0 radical (unpaired) electrons. The maximum Gasteiger partial charge on any atom is 0.241 e. The zero-order valence-corrected chi connectivity index (χ0v) is 10.8. The summed E-state index contributed by atoms with van der Waals surface area (Å²) in [7, 11) is 0. The van der Waals surface area contributed by atoms with E-state index in [1.807, 2.05) is 13.8 Å². The molecule has 0 aliphatic carbocycles. The molecule has 0 rings (SSSR count). The van der Waals surface area contributed by atoms with Gasteiger partial charge in [-0.2, -0.15) is 0 Å². The first-order valence-corrected chi connectivity index (χ1v) is 6.13. The van der Waals surface area contributed by atoms with E-state index in [2.05, 4.69) is 12.3 Å². The lowest BCUT2D eigenvalue weighted by Crippen LogP contribution is -2.43. The fraction of sp³-hybridized carbons (Fsp3) is 0.917. The third-order valence-electron chi connectivity index (χ3n) is 2.60. The molecule has 0 aromatic rings. The summed E-state index contributed by atoms with van der Waals surface area (Å²) in [5, 5.41) is 0. The second-order valence-electron chi connectivity index (χ2n) is 4.82. The van der Waals surface area contributed by atoms with E-state index in [0.717, 1.165) is 13.0 Å². The minimum atomic E-state index is -0.543. The van der Waals surface area contributed by atoms with Crippen LogP contribution in [0.5, 0.6) is 0 Å². The van der Waals surface area contributed by atoms with Crippen LogP contribution in [0.4, 0.5) is 0 Å². The molecule has 0 aromatic heterocycles. The summed E-state index contributed by atoms with van der Waals surface area (Å²) in [6.45, 7) is 7.00. The number of amides is 1. The number of carbonyl (C=O) groups excluding carboxylic acids is 1. The number of carbonyl (C=O) groups is 1. The average molecular weight is 230 g/mol. The number of nitrogens with one attached hydrogen (secondary N) is 1. The van der Waals surface area contributed by atoms with Crippen LogP contribution in [0.3, 0.4) is 0 Å². The van der Waals surface area contributed by atoms with Gasteiger partial charge in [-0.1, -0.05) is 32.6 Å². The van der Waals surface area contributed by atoms with Gasteiger partial charge in [-0.25, -0.2) is 5.84 Å². The SMILES string of the molecule is CCCCCCCOCC(C)(C)C(=O)NN. The van der Waals surface area contributed by atoms with Gasteiger partial charge in [-0.05, 0) is 20.3 Å². The van der Waals surface area contributed by atoms with Gasteiger partial charge in [-0.15, -0.1) is 0 Å². The molecule has 0 atom stereocenters. The zero-order chi connectivity index (χ0) is 12.4. The van der Waals surface area contributed by atoms with Crippen LogP contribution in [0, 0.1) is 5.41 Å². The molecular formula is C12H26N2O2. The molecular weight excluding hydrogens is 204 g/mol. The number of hydrogen-bond acceptors (Lipinski definition) is 3. The lowest BCUT2D eigenvalue weighted by Gasteiger charge is -2.21. The third kappa shape index (κ3) is 6.80. The Hall–Kier alpha value is -0.610. The highest BCUT2D eigenvalue weighted by molar-refractivity contribution is 5.81. The van der Waals surface area contributed by atoms with Gasteiger partial charge in [0.25, 0.3) is 0 Å². The number of hydrazine groups is 1. The van der Waals surface area contributed by atoms with Crippen LogP contribution in [0.2, 0.25) is 0 Å². The zero-order valence-electron chi connectivity index (χ0n) is 10.8. The summed E-state index contributed by atoms with van der Waals surface area (Å²) >= 11 is 0. The molecule has 0 aliphatic heterocycles. The molecule has 4 nitrogen and oxygen atoms in total. The van der Waals surface area contributed by atoms with Crippen molar-refractivity contribution >= 4 is 5.91 Å². The van der Waals surface area contributed by atoms with Crippen molar-refractivity contribution in [3.05, 3.63) is 0 Å². The molecule has 3 N–H and O–H groups in total. The number of unbranched alkanes of at least 4 members (excludes halogenated alkanes) is 4. The van der Waals surface area contributed by atoms with Crippen LogP contribution >= 0.6 is 0 Å². The van der Waals surface area contributed by atoms with Crippen LogP contribution in [0.15, 0.2) is 0 Å². The largest absolute Gasteiger partial charge is 0.380 e. The Morgan fingerprint density at radius 2 is 1.88 bits per heavy atom. The van der Waals surface area contributed by atoms with Gasteiger partial charge < -0.3 is 4.74 Å². The summed E-state index contributed by atoms with van der Waals surface area (Å²) in [6.07, 6.45) is 6.09. The molecule has 1 amide bonds. The van der Waals surface area contributed by atoms with Gasteiger partial charge in [0.15, 0.2) is 0 Å². The van der Waals surface area contributed by atoms with E-state index in [1.165, 1.54) is 25.7 Å². The number of ether oxygens (including phenoxy) is 1. The Labute approximate surface area is 98.9 Å². The summed E-state index contributed by atoms with van der Waals surface area (Å²) < 4.78 is 5.49. The topological polar surface area (TPSA) is 64.3 Å². The monoisotopic (exact) mass is 230 g/mol. The molecule has 16 heavy (non-hydrogen) atoms. The fourth-order valence-corrected chi connectivity index (χ4v) is 1.40. The molecule has 0 spiro atoms. The van der Waals surface area contributed by atoms with Crippen molar-refractivity contribution in [1.82, 2.24) is 5.43 Å². The van der Waals surface area contributed by atoms with Gasteiger partial charge in [0.05, 0.1) is 12.0 Å². The van der Waals surface area contributed by atoms with E-state index in [1.54, 1.807) is 0 Å². The number of rotatable bonds is 9. The minimum Gasteiger partial charge on any atom is -0.380 e. The Kier molecular flexibility index (Phi) is 8.21. The van der Waals surface area contributed by atoms with E-state index in [9.17, 15) is 4.79 Å². The number of nitrogens with two attached hydrogens (primary N) is 1. The molecule has 0 bridgehead atoms. The lowest BCUT2D eigenvalue weighted by molar-refractivity contribution is -0.132. The van der Waals surface area contributed by atoms with Crippen molar-refractivity contribution in [3.8, 4) is 0 Å². The quantitative estimate of drug-likeness (QED) is 0.275. The van der Waals surface area contributed by atoms with Gasteiger partial charge in [0.1, 0.15) is 0 Å². The maximum atomic E-state index is 11.3. The van der Waals surface area contributed by atoms with Gasteiger partial charge in [-0.3, -0.25) is 10.2 Å². The Morgan fingerprint density at radius 3 is 2.44 bits per heavy atom. The predicted octanol–water partition coefficient (Wildman–Crippen LogP) is 1.99. The van der Waals surface area contributed by atoms with Gasteiger partial charge >= 0.3 is 0 Å². The highest BCUT2D eigenvalue weighted by atomic mass is 16.5. The molecule has 0 fully saturated rings. The highest BCUT2D eigenvalue weighted by Crippen LogP contribution is 2.15. The van der Waals surface area contributed by atoms with Crippen LogP contribution in [0.1, 0.15) is 52.9 Å². The van der Waals surface area contributed by atoms with Crippen LogP contribution < -0.4 is 11.3 Å². The van der Waals surface area contributed by atoms with Crippen LogP contribution in [0.25, 0.3) is 0 Å². The van der Waals surface area contributed by atoms with E-state index < -0.39 is 5.41 Å². The van der Waals surface area contributed by atoms with Crippen LogP contribution in [-0.2, 0) is 9.53 Å². The van der Waals surface area contributed by atoms with Crippen molar-refractivity contribution in [2.75, 3.05) is 13.2 Å². The first-order chi connectivity index (χ1) is 7.54. The molecule has 0 saturated heterocycles. The van der Waals surface area contributed by atoms with Gasteiger partial charge in [0, 0.05) is 6.61 Å². The lowest BCUT2D eigenvalue weighted by atomic mass is 9.94. The Morgan fingerprint density at radius 1 is 1.25 bits per heavy atom. The average Bonchev–Trinajstić information content (AvgIpc) is 2.26. The van der Waals surface area contributed by atoms with Crippen LogP contribution in [-0.4, -0.2) is 19.1 Å². The molecule has 0 aliphatic rings. The minimum absolute atomic E-state index is 0.182. The van der Waals surface area contributed by atoms with E-state index in [0.29, 0.717) is 6.61 Å².